The van der Waals surface area contributed by atoms with Crippen LogP contribution in [0.3, 0.4) is 0 Å². The van der Waals surface area contributed by atoms with E-state index in [9.17, 15) is 9.59 Å². The number of amides is 1. The van der Waals surface area contributed by atoms with Gasteiger partial charge in [0.05, 0.1) is 17.8 Å². The van der Waals surface area contributed by atoms with Crippen LogP contribution in [0.25, 0.3) is 0 Å². The van der Waals surface area contributed by atoms with Gasteiger partial charge in [-0.25, -0.2) is 0 Å². The number of aromatic amines is 1. The zero-order chi connectivity index (χ0) is 12.1. The highest BCUT2D eigenvalue weighted by Gasteiger charge is 2.05. The lowest BCUT2D eigenvalue weighted by Gasteiger charge is -2.03. The number of nitrogens with zero attached hydrogens (tertiary/aromatic N) is 2. The number of carbonyl (C=O) groups excluding carboxylic acids is 1. The normalized spacial score (nSPS) is 9.88. The fourth-order valence-electron chi connectivity index (χ4n) is 1.25. The predicted octanol–water partition coefficient (Wildman–Crippen LogP) is 0.0949. The minimum absolute atomic E-state index is 0.240. The molecule has 0 atom stereocenters. The minimum Gasteiger partial charge on any atom is -0.346 e. The molecule has 1 amide bonds. The molecule has 0 radical (unpaired) electrons. The highest BCUT2D eigenvalue weighted by atomic mass is 16.1. The van der Waals surface area contributed by atoms with Gasteiger partial charge in [0.15, 0.2) is 0 Å². The average Bonchev–Trinajstić information content (AvgIpc) is 2.38. The van der Waals surface area contributed by atoms with E-state index in [1.54, 1.807) is 18.3 Å². The number of hydrogen-bond acceptors (Lipinski definition) is 4. The maximum atomic E-state index is 11.6. The fourth-order valence-corrected chi connectivity index (χ4v) is 1.25. The molecule has 0 bridgehead atoms. The molecule has 0 spiro atoms. The molecule has 2 aromatic rings. The van der Waals surface area contributed by atoms with Crippen LogP contribution in [-0.2, 0) is 6.54 Å². The first-order chi connectivity index (χ1) is 8.25. The van der Waals surface area contributed by atoms with E-state index in [1.165, 1.54) is 18.3 Å². The lowest BCUT2D eigenvalue weighted by atomic mass is 10.2. The number of H-pyrrole nitrogens is 1. The van der Waals surface area contributed by atoms with Gasteiger partial charge in [0.25, 0.3) is 5.91 Å². The molecule has 0 saturated carbocycles. The van der Waals surface area contributed by atoms with E-state index in [4.69, 9.17) is 0 Å². The van der Waals surface area contributed by atoms with Crippen LogP contribution < -0.4 is 10.9 Å². The van der Waals surface area contributed by atoms with Gasteiger partial charge in [-0.2, -0.15) is 10.2 Å². The summed E-state index contributed by atoms with van der Waals surface area (Å²) < 4.78 is 0. The van der Waals surface area contributed by atoms with Gasteiger partial charge in [0.1, 0.15) is 0 Å². The summed E-state index contributed by atoms with van der Waals surface area (Å²) in [6.07, 6.45) is 2.93. The third kappa shape index (κ3) is 2.97. The first-order valence-corrected chi connectivity index (χ1v) is 4.99. The van der Waals surface area contributed by atoms with Crippen LogP contribution in [0.1, 0.15) is 16.1 Å². The van der Waals surface area contributed by atoms with Crippen LogP contribution in [0.4, 0.5) is 0 Å². The third-order valence-corrected chi connectivity index (χ3v) is 2.10. The summed E-state index contributed by atoms with van der Waals surface area (Å²) >= 11 is 0. The van der Waals surface area contributed by atoms with Crippen molar-refractivity contribution in [3.05, 3.63) is 58.3 Å². The van der Waals surface area contributed by atoms with E-state index in [0.717, 1.165) is 0 Å². The zero-order valence-corrected chi connectivity index (χ0v) is 8.88. The van der Waals surface area contributed by atoms with E-state index in [-0.39, 0.29) is 11.5 Å². The van der Waals surface area contributed by atoms with Crippen LogP contribution in [0.15, 0.2) is 41.5 Å². The van der Waals surface area contributed by atoms with Crippen molar-refractivity contribution in [2.45, 2.75) is 6.54 Å². The second-order valence-electron chi connectivity index (χ2n) is 3.34. The number of rotatable bonds is 3. The van der Waals surface area contributed by atoms with Gasteiger partial charge >= 0.3 is 0 Å². The highest BCUT2D eigenvalue weighted by molar-refractivity contribution is 5.93. The van der Waals surface area contributed by atoms with Crippen LogP contribution >= 0.6 is 0 Å². The first-order valence-electron chi connectivity index (χ1n) is 4.99. The first kappa shape index (κ1) is 11.0. The molecule has 2 rings (SSSR count). The number of aromatic nitrogens is 3. The Morgan fingerprint density at radius 2 is 2.24 bits per heavy atom. The number of hydrogen-bond donors (Lipinski definition) is 2. The molecular formula is C11H10N4O2. The summed E-state index contributed by atoms with van der Waals surface area (Å²) in [6, 6.07) is 6.27. The van der Waals surface area contributed by atoms with Gasteiger partial charge in [-0.1, -0.05) is 0 Å². The van der Waals surface area contributed by atoms with E-state index in [0.29, 0.717) is 17.8 Å². The number of nitrogens with one attached hydrogen (secondary N) is 2. The van der Waals surface area contributed by atoms with Crippen molar-refractivity contribution in [1.82, 2.24) is 20.5 Å². The van der Waals surface area contributed by atoms with E-state index in [2.05, 4.69) is 20.5 Å². The monoisotopic (exact) mass is 230 g/mol. The van der Waals surface area contributed by atoms with Gasteiger partial charge in [-0.05, 0) is 18.2 Å². The van der Waals surface area contributed by atoms with Crippen molar-refractivity contribution in [2.75, 3.05) is 0 Å². The number of pyridine rings is 1. The molecule has 2 N–H and O–H groups in total. The van der Waals surface area contributed by atoms with E-state index in [1.807, 2.05) is 0 Å². The van der Waals surface area contributed by atoms with Gasteiger partial charge in [-0.15, -0.1) is 0 Å². The summed E-state index contributed by atoms with van der Waals surface area (Å²) in [5, 5.41) is 10.2. The quantitative estimate of drug-likeness (QED) is 0.782. The zero-order valence-electron chi connectivity index (χ0n) is 8.88. The van der Waals surface area contributed by atoms with Gasteiger partial charge in [0, 0.05) is 18.5 Å². The second kappa shape index (κ2) is 5.02. The molecular weight excluding hydrogens is 220 g/mol. The summed E-state index contributed by atoms with van der Waals surface area (Å²) in [5.74, 6) is -0.271. The second-order valence-corrected chi connectivity index (χ2v) is 3.34. The summed E-state index contributed by atoms with van der Waals surface area (Å²) in [4.78, 5) is 24.9. The smallest absolute Gasteiger partial charge is 0.253 e. The molecule has 2 aromatic heterocycles. The van der Waals surface area contributed by atoms with Crippen molar-refractivity contribution < 1.29 is 4.79 Å². The summed E-state index contributed by atoms with van der Waals surface area (Å²) in [5.41, 5.74) is 0.828. The Kier molecular flexibility index (Phi) is 3.25. The van der Waals surface area contributed by atoms with Crippen molar-refractivity contribution in [3.8, 4) is 0 Å². The molecule has 0 unspecified atom stereocenters. The average molecular weight is 230 g/mol. The van der Waals surface area contributed by atoms with Crippen LogP contribution in [-0.4, -0.2) is 21.1 Å². The molecule has 6 nitrogen and oxygen atoms in total. The molecule has 6 heteroatoms. The molecule has 0 saturated heterocycles. The fraction of sp³-hybridized carbons (Fsp3) is 0.0909. The minimum atomic E-state index is -0.271. The molecule has 0 aromatic carbocycles. The van der Waals surface area contributed by atoms with Gasteiger partial charge in [0.2, 0.25) is 5.56 Å². The molecule has 2 heterocycles. The van der Waals surface area contributed by atoms with E-state index >= 15 is 0 Å². The van der Waals surface area contributed by atoms with Crippen molar-refractivity contribution >= 4 is 5.91 Å². The Morgan fingerprint density at radius 3 is 2.88 bits per heavy atom. The molecule has 0 aliphatic carbocycles. The molecule has 0 aliphatic heterocycles. The SMILES string of the molecule is O=C(NCc1cccnn1)c1ccc(=O)[nH]c1. The molecule has 17 heavy (non-hydrogen) atoms. The maximum Gasteiger partial charge on any atom is 0.253 e. The van der Waals surface area contributed by atoms with Gasteiger partial charge in [-0.3, -0.25) is 9.59 Å². The standard InChI is InChI=1S/C11H10N4O2/c16-10-4-3-8(6-12-10)11(17)13-7-9-2-1-5-14-15-9/h1-6H,7H2,(H,12,16)(H,13,17). The van der Waals surface area contributed by atoms with Gasteiger partial charge < -0.3 is 10.3 Å². The Morgan fingerprint density at radius 1 is 1.35 bits per heavy atom. The van der Waals surface area contributed by atoms with Crippen molar-refractivity contribution in [2.24, 2.45) is 0 Å². The largest absolute Gasteiger partial charge is 0.346 e. The molecule has 86 valence electrons. The molecule has 0 aliphatic rings. The van der Waals surface area contributed by atoms with Crippen LogP contribution in [0.2, 0.25) is 0 Å². The van der Waals surface area contributed by atoms with Crippen molar-refractivity contribution in [1.29, 1.82) is 0 Å². The Balaban J connectivity index is 1.98. The van der Waals surface area contributed by atoms with Crippen LogP contribution in [0.5, 0.6) is 0 Å². The summed E-state index contributed by atoms with van der Waals surface area (Å²) in [6.45, 7) is 0.297. The Hall–Kier alpha value is -2.50. The Labute approximate surface area is 96.7 Å². The summed E-state index contributed by atoms with van der Waals surface area (Å²) in [7, 11) is 0. The predicted molar refractivity (Wildman–Crippen MR) is 60.3 cm³/mol. The van der Waals surface area contributed by atoms with E-state index < -0.39 is 0 Å². The van der Waals surface area contributed by atoms with Crippen LogP contribution in [0, 0.1) is 0 Å². The lowest BCUT2D eigenvalue weighted by Crippen LogP contribution is -2.24. The molecule has 0 fully saturated rings. The van der Waals surface area contributed by atoms with Crippen molar-refractivity contribution in [3.63, 3.8) is 0 Å². The maximum absolute atomic E-state index is 11.6. The lowest BCUT2D eigenvalue weighted by molar-refractivity contribution is 0.0950. The number of carbonyl (C=O) groups is 1. The highest BCUT2D eigenvalue weighted by Crippen LogP contribution is 1.95. The Bertz CT molecular complexity index is 545. The third-order valence-electron chi connectivity index (χ3n) is 2.10. The topological polar surface area (TPSA) is 87.7 Å².